The third-order valence-electron chi connectivity index (χ3n) is 4.86. The van der Waals surface area contributed by atoms with Crippen LogP contribution in [0.1, 0.15) is 30.4 Å². The molecule has 3 N–H and O–H groups in total. The van der Waals surface area contributed by atoms with Crippen LogP contribution < -0.4 is 5.73 Å². The number of aryl methyl sites for hydroxylation is 1. The first-order valence-electron chi connectivity index (χ1n) is 8.74. The summed E-state index contributed by atoms with van der Waals surface area (Å²) < 4.78 is 0. The molecule has 3 aromatic heterocycles. The van der Waals surface area contributed by atoms with E-state index in [4.69, 9.17) is 5.73 Å². The largest absolute Gasteiger partial charge is 0.388 e. The standard InChI is InChI=1S/C21H24N4O/c1-20(26,12-11-17-8-2-5-13-23-17)21(22,19-10-4-7-15-25-19)16-18-9-3-6-14-24-18/h2-10,13-15,26H,11-12,16,22H2,1H3. The van der Waals surface area contributed by atoms with Gasteiger partial charge in [-0.25, -0.2) is 0 Å². The first-order chi connectivity index (χ1) is 12.5. The van der Waals surface area contributed by atoms with E-state index in [1.54, 1.807) is 25.5 Å². The van der Waals surface area contributed by atoms with E-state index in [9.17, 15) is 5.11 Å². The Kier molecular flexibility index (Phi) is 5.40. The highest BCUT2D eigenvalue weighted by Gasteiger charge is 2.46. The van der Waals surface area contributed by atoms with Gasteiger partial charge >= 0.3 is 0 Å². The van der Waals surface area contributed by atoms with E-state index in [2.05, 4.69) is 15.0 Å². The summed E-state index contributed by atoms with van der Waals surface area (Å²) in [5.74, 6) is 0. The van der Waals surface area contributed by atoms with Crippen LogP contribution in [0.5, 0.6) is 0 Å². The van der Waals surface area contributed by atoms with Crippen LogP contribution in [0.15, 0.2) is 73.2 Å². The second-order valence-electron chi connectivity index (χ2n) is 6.78. The van der Waals surface area contributed by atoms with Crippen molar-refractivity contribution in [2.24, 2.45) is 5.73 Å². The van der Waals surface area contributed by atoms with E-state index < -0.39 is 11.1 Å². The maximum Gasteiger partial charge on any atom is 0.0927 e. The van der Waals surface area contributed by atoms with Gasteiger partial charge in [0.25, 0.3) is 0 Å². The van der Waals surface area contributed by atoms with Crippen molar-refractivity contribution >= 4 is 0 Å². The number of rotatable bonds is 7. The van der Waals surface area contributed by atoms with Crippen molar-refractivity contribution in [3.8, 4) is 0 Å². The highest BCUT2D eigenvalue weighted by molar-refractivity contribution is 5.25. The van der Waals surface area contributed by atoms with Crippen molar-refractivity contribution in [1.82, 2.24) is 15.0 Å². The average Bonchev–Trinajstić information content (AvgIpc) is 2.68. The molecule has 3 rings (SSSR count). The second kappa shape index (κ2) is 7.72. The molecular formula is C21H24N4O. The van der Waals surface area contributed by atoms with Gasteiger partial charge in [0, 0.05) is 36.4 Å². The van der Waals surface area contributed by atoms with Crippen molar-refractivity contribution in [3.63, 3.8) is 0 Å². The van der Waals surface area contributed by atoms with Gasteiger partial charge in [-0.15, -0.1) is 0 Å². The predicted molar refractivity (Wildman–Crippen MR) is 101 cm³/mol. The van der Waals surface area contributed by atoms with Crippen LogP contribution in [0.3, 0.4) is 0 Å². The Morgan fingerprint density at radius 2 is 1.42 bits per heavy atom. The fraction of sp³-hybridized carbons (Fsp3) is 0.286. The molecule has 0 aliphatic carbocycles. The Balaban J connectivity index is 1.91. The molecule has 2 atom stereocenters. The number of hydrogen-bond donors (Lipinski definition) is 2. The second-order valence-corrected chi connectivity index (χ2v) is 6.78. The molecule has 0 aromatic carbocycles. The quantitative estimate of drug-likeness (QED) is 0.686. The van der Waals surface area contributed by atoms with Crippen LogP contribution >= 0.6 is 0 Å². The number of hydrogen-bond acceptors (Lipinski definition) is 5. The molecule has 0 radical (unpaired) electrons. The average molecular weight is 348 g/mol. The molecule has 0 saturated heterocycles. The van der Waals surface area contributed by atoms with Gasteiger partial charge in [0.2, 0.25) is 0 Å². The summed E-state index contributed by atoms with van der Waals surface area (Å²) in [4.78, 5) is 13.2. The normalized spacial score (nSPS) is 15.8. The summed E-state index contributed by atoms with van der Waals surface area (Å²) in [7, 11) is 0. The molecular weight excluding hydrogens is 324 g/mol. The van der Waals surface area contributed by atoms with Gasteiger partial charge in [0.15, 0.2) is 0 Å². The van der Waals surface area contributed by atoms with E-state index in [0.717, 1.165) is 11.4 Å². The molecule has 0 fully saturated rings. The molecule has 3 heterocycles. The van der Waals surface area contributed by atoms with Gasteiger partial charge in [-0.05, 0) is 56.2 Å². The van der Waals surface area contributed by atoms with E-state index in [1.807, 2.05) is 54.6 Å². The molecule has 0 bridgehead atoms. The van der Waals surface area contributed by atoms with E-state index in [0.29, 0.717) is 25.0 Å². The fourth-order valence-corrected chi connectivity index (χ4v) is 3.11. The van der Waals surface area contributed by atoms with E-state index in [1.165, 1.54) is 0 Å². The topological polar surface area (TPSA) is 84.9 Å². The smallest absolute Gasteiger partial charge is 0.0927 e. The van der Waals surface area contributed by atoms with Crippen LogP contribution in [0, 0.1) is 0 Å². The van der Waals surface area contributed by atoms with Gasteiger partial charge in [0.1, 0.15) is 0 Å². The summed E-state index contributed by atoms with van der Waals surface area (Å²) in [5, 5.41) is 11.4. The lowest BCUT2D eigenvalue weighted by Gasteiger charge is -2.42. The lowest BCUT2D eigenvalue weighted by molar-refractivity contribution is -0.0322. The molecule has 0 saturated carbocycles. The zero-order valence-corrected chi connectivity index (χ0v) is 14.9. The van der Waals surface area contributed by atoms with Crippen molar-refractivity contribution in [3.05, 3.63) is 90.3 Å². The zero-order chi connectivity index (χ0) is 18.5. The third-order valence-corrected chi connectivity index (χ3v) is 4.86. The first-order valence-corrected chi connectivity index (χ1v) is 8.74. The molecule has 3 aromatic rings. The van der Waals surface area contributed by atoms with Crippen molar-refractivity contribution in [2.45, 2.75) is 37.3 Å². The summed E-state index contributed by atoms with van der Waals surface area (Å²) in [5.41, 5.74) is 6.94. The molecule has 5 nitrogen and oxygen atoms in total. The summed E-state index contributed by atoms with van der Waals surface area (Å²) in [6.07, 6.45) is 6.67. The fourth-order valence-electron chi connectivity index (χ4n) is 3.11. The molecule has 5 heteroatoms. The number of aromatic nitrogens is 3. The number of pyridine rings is 3. The molecule has 0 spiro atoms. The Morgan fingerprint density at radius 1 is 0.846 bits per heavy atom. The third kappa shape index (κ3) is 3.95. The lowest BCUT2D eigenvalue weighted by Crippen LogP contribution is -2.58. The maximum absolute atomic E-state index is 11.4. The van der Waals surface area contributed by atoms with Gasteiger partial charge in [-0.3, -0.25) is 15.0 Å². The van der Waals surface area contributed by atoms with E-state index >= 15 is 0 Å². The Hall–Kier alpha value is -2.63. The maximum atomic E-state index is 11.4. The zero-order valence-electron chi connectivity index (χ0n) is 14.9. The van der Waals surface area contributed by atoms with Gasteiger partial charge in [-0.2, -0.15) is 0 Å². The number of nitrogens with zero attached hydrogens (tertiary/aromatic N) is 3. The number of aliphatic hydroxyl groups is 1. The summed E-state index contributed by atoms with van der Waals surface area (Å²) in [6, 6.07) is 17.1. The van der Waals surface area contributed by atoms with Crippen molar-refractivity contribution in [1.29, 1.82) is 0 Å². The van der Waals surface area contributed by atoms with Crippen LogP contribution in [0.2, 0.25) is 0 Å². The lowest BCUT2D eigenvalue weighted by atomic mass is 9.73. The highest BCUT2D eigenvalue weighted by Crippen LogP contribution is 2.35. The molecule has 0 aliphatic rings. The first kappa shape index (κ1) is 18.2. The van der Waals surface area contributed by atoms with Crippen LogP contribution in [0.25, 0.3) is 0 Å². The van der Waals surface area contributed by atoms with Gasteiger partial charge in [-0.1, -0.05) is 18.2 Å². The Labute approximate surface area is 154 Å². The highest BCUT2D eigenvalue weighted by atomic mass is 16.3. The predicted octanol–water partition coefficient (Wildman–Crippen LogP) is 2.65. The number of nitrogens with two attached hydrogens (primary N) is 1. The molecule has 134 valence electrons. The minimum Gasteiger partial charge on any atom is -0.388 e. The molecule has 0 amide bonds. The minimum atomic E-state index is -1.20. The Morgan fingerprint density at radius 3 is 1.96 bits per heavy atom. The van der Waals surface area contributed by atoms with Crippen LogP contribution in [-0.2, 0) is 18.4 Å². The van der Waals surface area contributed by atoms with Crippen molar-refractivity contribution < 1.29 is 5.11 Å². The van der Waals surface area contributed by atoms with Gasteiger partial charge in [0.05, 0.1) is 16.8 Å². The molecule has 0 aliphatic heterocycles. The molecule has 26 heavy (non-hydrogen) atoms. The Bertz CT molecular complexity index is 809. The van der Waals surface area contributed by atoms with E-state index in [-0.39, 0.29) is 0 Å². The van der Waals surface area contributed by atoms with Crippen LogP contribution in [-0.4, -0.2) is 25.7 Å². The SMILES string of the molecule is CC(O)(CCc1ccccn1)C(N)(Cc1ccccn1)c1ccccn1. The van der Waals surface area contributed by atoms with Crippen molar-refractivity contribution in [2.75, 3.05) is 0 Å². The minimum absolute atomic E-state index is 0.389. The summed E-state index contributed by atoms with van der Waals surface area (Å²) in [6.45, 7) is 1.77. The summed E-state index contributed by atoms with van der Waals surface area (Å²) >= 11 is 0. The van der Waals surface area contributed by atoms with Gasteiger partial charge < -0.3 is 10.8 Å². The van der Waals surface area contributed by atoms with Crippen LogP contribution in [0.4, 0.5) is 0 Å². The monoisotopic (exact) mass is 348 g/mol. The molecule has 2 unspecified atom stereocenters.